The van der Waals surface area contributed by atoms with E-state index in [0.717, 1.165) is 63.3 Å². The van der Waals surface area contributed by atoms with Gasteiger partial charge in [-0.3, -0.25) is 14.4 Å². The van der Waals surface area contributed by atoms with Gasteiger partial charge in [0.05, 0.1) is 18.2 Å². The van der Waals surface area contributed by atoms with Crippen LogP contribution in [0.4, 0.5) is 0 Å². The number of carbonyl (C=O) groups excluding carboxylic acids is 3. The second kappa shape index (κ2) is 42.6. The molecule has 18 nitrogen and oxygen atoms in total. The van der Waals surface area contributed by atoms with Gasteiger partial charge in [-0.1, -0.05) is 204 Å². The second-order valence-electron chi connectivity index (χ2n) is 25.3. The fraction of sp³-hybridized carbons (Fsp3) is 0.778. The molecule has 5 rings (SSSR count). The van der Waals surface area contributed by atoms with Gasteiger partial charge in [0.2, 0.25) is 29.5 Å². The summed E-state index contributed by atoms with van der Waals surface area (Å²) in [5.41, 5.74) is 0. The Bertz CT molecular complexity index is 1930. The zero-order valence-electron chi connectivity index (χ0n) is 57.2. The Kier molecular flexibility index (Phi) is 42.1. The van der Waals surface area contributed by atoms with Gasteiger partial charge in [-0.05, 0) is 33.6 Å². The highest BCUT2D eigenvalue weighted by Crippen LogP contribution is 2.24. The van der Waals surface area contributed by atoms with Gasteiger partial charge in [0, 0.05) is 83.5 Å². The Morgan fingerprint density at radius 2 is 0.841 bits per heavy atom. The maximum Gasteiger partial charge on any atom is 0.308 e. The first-order chi connectivity index (χ1) is 37.7. The molecule has 5 heterocycles. The number of esters is 1. The van der Waals surface area contributed by atoms with Crippen molar-refractivity contribution in [2.45, 2.75) is 299 Å². The molecule has 19 heteroatoms. The lowest BCUT2D eigenvalue weighted by Gasteiger charge is -2.09. The number of ketones is 1. The van der Waals surface area contributed by atoms with Crippen molar-refractivity contribution in [2.75, 3.05) is 0 Å². The molecule has 5 aromatic heterocycles. The number of hydrogen-bond acceptors (Lipinski definition) is 18. The van der Waals surface area contributed by atoms with Gasteiger partial charge in [0.1, 0.15) is 21.6 Å². The summed E-state index contributed by atoms with van der Waals surface area (Å²) < 4.78 is 25.8. The van der Waals surface area contributed by atoms with Crippen molar-refractivity contribution in [3.8, 4) is 0 Å². The zero-order chi connectivity index (χ0) is 64.5. The van der Waals surface area contributed by atoms with Crippen LogP contribution >= 0.6 is 11.3 Å². The molecule has 0 atom stereocenters. The molecule has 0 spiro atoms. The summed E-state index contributed by atoms with van der Waals surface area (Å²) in [5.74, 6) is 11.4. The average Bonchev–Trinajstić information content (AvgIpc) is 4.22. The molecule has 0 saturated heterocycles. The van der Waals surface area contributed by atoms with Crippen LogP contribution in [0, 0.1) is 23.7 Å². The fourth-order valence-corrected chi connectivity index (χ4v) is 6.00. The number of amides is 1. The van der Waals surface area contributed by atoms with E-state index in [9.17, 15) is 14.4 Å². The monoisotopic (exact) mass is 1170 g/mol. The van der Waals surface area contributed by atoms with Gasteiger partial charge in [-0.25, -0.2) is 4.98 Å². The highest BCUT2D eigenvalue weighted by atomic mass is 32.1. The van der Waals surface area contributed by atoms with E-state index in [4.69, 9.17) is 22.6 Å². The molecule has 0 aliphatic rings. The first-order valence-electron chi connectivity index (χ1n) is 30.0. The Hall–Kier alpha value is -5.20. The van der Waals surface area contributed by atoms with E-state index in [1.54, 1.807) is 11.3 Å². The van der Waals surface area contributed by atoms with E-state index in [2.05, 4.69) is 148 Å². The topological polar surface area (TPSA) is 241 Å². The van der Waals surface area contributed by atoms with E-state index >= 15 is 0 Å². The molecule has 5 aromatic rings. The standard InChI is InChI=1S/C9H15NO.3C8H14N2O.C8H14N2S.C8H16O.C7H15NO.C7H14O2/c1-6(2)8-5-10-9(11-8)7(3)4;1-5(2)7-9-10-8(11-7)6(3)4;2*1-5(2)7-9-8(6(3)4)11-10-7;1-5(2)7-9-10-8(11-7)6(3)4;1-6(2)5-8(9)7(3)4;1-5(2)7(9)8-6(3)4;1-5(2)7(8)9-6(3)4/h5-7H,1-4H3;4*5-6H,1-4H3;6-7H,5H2,1-4H3;5-6H,1-4H3,(H,8,9);5-6H,1-4H3. The summed E-state index contributed by atoms with van der Waals surface area (Å²) in [5, 5.41) is 28.9. The Balaban J connectivity index is -0.000000872. The highest BCUT2D eigenvalue weighted by molar-refractivity contribution is 7.11. The second-order valence-corrected chi connectivity index (χ2v) is 26.3. The van der Waals surface area contributed by atoms with E-state index in [-0.39, 0.29) is 41.8 Å². The van der Waals surface area contributed by atoms with E-state index in [1.165, 1.54) is 0 Å². The van der Waals surface area contributed by atoms with Crippen molar-refractivity contribution >= 4 is 29.0 Å². The van der Waals surface area contributed by atoms with Gasteiger partial charge < -0.3 is 27.9 Å². The molecular weight excluding hydrogens is 1060 g/mol. The van der Waals surface area contributed by atoms with Crippen molar-refractivity contribution in [3.05, 3.63) is 63.1 Å². The maximum absolute atomic E-state index is 11.0. The number of ether oxygens (including phenoxy) is 1. The van der Waals surface area contributed by atoms with Crippen LogP contribution in [0.5, 0.6) is 0 Å². The summed E-state index contributed by atoms with van der Waals surface area (Å²) in [6.45, 7) is 64.5. The highest BCUT2D eigenvalue weighted by Gasteiger charge is 2.16. The molecule has 0 aliphatic carbocycles. The number of nitrogens with one attached hydrogen (secondary N) is 1. The van der Waals surface area contributed by atoms with E-state index in [0.29, 0.717) is 70.9 Å². The summed E-state index contributed by atoms with van der Waals surface area (Å²) in [6.07, 6.45) is 2.57. The van der Waals surface area contributed by atoms with Crippen molar-refractivity contribution in [1.82, 2.24) is 51.0 Å². The quantitative estimate of drug-likeness (QED) is 0.0851. The van der Waals surface area contributed by atoms with Crippen LogP contribution in [0.15, 0.2) is 24.1 Å². The minimum atomic E-state index is -0.120. The van der Waals surface area contributed by atoms with Gasteiger partial charge in [-0.15, -0.1) is 31.7 Å². The smallest absolute Gasteiger partial charge is 0.308 e. The molecule has 0 radical (unpaired) electrons. The van der Waals surface area contributed by atoms with Crippen molar-refractivity contribution in [2.24, 2.45) is 23.7 Å². The predicted octanol–water partition coefficient (Wildman–Crippen LogP) is 17.7. The molecule has 1 amide bonds. The summed E-state index contributed by atoms with van der Waals surface area (Å²) in [7, 11) is 0. The Labute approximate surface area is 500 Å². The average molecular weight is 1170 g/mol. The molecule has 0 bridgehead atoms. The normalized spacial score (nSPS) is 11.2. The van der Waals surface area contributed by atoms with Gasteiger partial charge in [-0.2, -0.15) is 9.97 Å². The number of carbonyl (C=O) groups is 3. The zero-order valence-corrected chi connectivity index (χ0v) is 58.0. The summed E-state index contributed by atoms with van der Waals surface area (Å²) in [4.78, 5) is 45.2. The maximum atomic E-state index is 11.0. The number of hydrogen-bond donors (Lipinski definition) is 1. The molecule has 0 unspecified atom stereocenters. The first-order valence-corrected chi connectivity index (χ1v) is 30.8. The van der Waals surface area contributed by atoms with Crippen LogP contribution in [0.2, 0.25) is 0 Å². The number of aromatic nitrogens is 9. The molecule has 0 saturated carbocycles. The molecule has 0 fully saturated rings. The third-order valence-electron chi connectivity index (χ3n) is 10.5. The summed E-state index contributed by atoms with van der Waals surface area (Å²) >= 11 is 1.73. The molecule has 472 valence electrons. The predicted molar refractivity (Wildman–Crippen MR) is 334 cm³/mol. The van der Waals surface area contributed by atoms with Crippen molar-refractivity contribution in [1.29, 1.82) is 0 Å². The van der Waals surface area contributed by atoms with Crippen LogP contribution in [0.25, 0.3) is 0 Å². The van der Waals surface area contributed by atoms with Gasteiger partial charge in [0.25, 0.3) is 0 Å². The number of oxazole rings is 1. The minimum Gasteiger partial charge on any atom is -0.463 e. The van der Waals surface area contributed by atoms with Gasteiger partial charge in [0.15, 0.2) is 17.5 Å². The third kappa shape index (κ3) is 37.8. The lowest BCUT2D eigenvalue weighted by molar-refractivity contribution is -0.151. The van der Waals surface area contributed by atoms with Crippen LogP contribution in [0.3, 0.4) is 0 Å². The number of Topliss-reactive ketones (excluding diaryl/α,β-unsaturated/α-hetero) is 1. The lowest BCUT2D eigenvalue weighted by atomic mass is 9.99. The third-order valence-corrected chi connectivity index (χ3v) is 12.0. The van der Waals surface area contributed by atoms with E-state index in [1.807, 2.05) is 131 Å². The van der Waals surface area contributed by atoms with Crippen LogP contribution in [-0.4, -0.2) is 75.5 Å². The fourth-order valence-electron chi connectivity index (χ4n) is 5.15. The van der Waals surface area contributed by atoms with Crippen LogP contribution in [-0.2, 0) is 19.1 Å². The minimum absolute atomic E-state index is 0.00704. The SMILES string of the molecule is CC(C)CC(=O)C(C)C.CC(C)NC(=O)C(C)C.CC(C)OC(=O)C(C)C.CC(C)c1cnc(C(C)C)o1.CC(C)c1nnc(C(C)C)o1.CC(C)c1nnc(C(C)C)s1.CC(C)c1noc(C(C)C)n1.CC(C)c1noc(C(C)C)n1. The Morgan fingerprint density at radius 1 is 0.451 bits per heavy atom. The molecule has 82 heavy (non-hydrogen) atoms. The molecular formula is C63H116N10O8S. The van der Waals surface area contributed by atoms with Crippen LogP contribution < -0.4 is 5.32 Å². The largest absolute Gasteiger partial charge is 0.463 e. The molecule has 1 N–H and O–H groups in total. The van der Waals surface area contributed by atoms with E-state index < -0.39 is 0 Å². The number of rotatable bonds is 17. The summed E-state index contributed by atoms with van der Waals surface area (Å²) in [6, 6.07) is 0.264. The molecule has 0 aliphatic heterocycles. The first kappa shape index (κ1) is 81.0. The Morgan fingerprint density at radius 3 is 1.00 bits per heavy atom. The number of nitrogens with zero attached hydrogens (tertiary/aromatic N) is 9. The van der Waals surface area contributed by atoms with Crippen molar-refractivity contribution < 1.29 is 37.0 Å². The van der Waals surface area contributed by atoms with Gasteiger partial charge >= 0.3 is 5.97 Å². The van der Waals surface area contributed by atoms with Crippen LogP contribution in [0.1, 0.15) is 344 Å². The van der Waals surface area contributed by atoms with Crippen molar-refractivity contribution in [3.63, 3.8) is 0 Å². The molecule has 0 aromatic carbocycles. The lowest BCUT2D eigenvalue weighted by Crippen LogP contribution is -2.33.